The molecule has 0 saturated carbocycles. The van der Waals surface area contributed by atoms with Crippen LogP contribution in [0, 0.1) is 13.8 Å². The summed E-state index contributed by atoms with van der Waals surface area (Å²) in [7, 11) is 0. The maximum atomic E-state index is 13.3. The number of rotatable bonds is 7. The van der Waals surface area contributed by atoms with E-state index in [9.17, 15) is 14.4 Å². The number of nitrogens with zero attached hydrogens (tertiary/aromatic N) is 1. The quantitative estimate of drug-likeness (QED) is 0.334. The molecule has 3 aromatic carbocycles. The molecule has 4 amide bonds. The standard InChI is InChI=1S/C28H25ClN2O5/c1-4-35-25-14-20(10-12-24(25)36-16-19-8-5-17(2)6-9-19)13-22-26(32)30-28(34)31(27(22)33)23-15-21(29)11-7-18(23)3/h5-15H,4,16H2,1-3H3,(H,30,32,34)/b22-13+. The molecule has 0 bridgehead atoms. The zero-order valence-corrected chi connectivity index (χ0v) is 20.9. The summed E-state index contributed by atoms with van der Waals surface area (Å²) < 4.78 is 11.7. The first-order valence-electron chi connectivity index (χ1n) is 11.4. The first-order chi connectivity index (χ1) is 17.3. The number of nitrogens with one attached hydrogen (secondary N) is 1. The predicted octanol–water partition coefficient (Wildman–Crippen LogP) is 5.60. The number of hydrogen-bond acceptors (Lipinski definition) is 5. The zero-order chi connectivity index (χ0) is 25.8. The minimum absolute atomic E-state index is 0.190. The lowest BCUT2D eigenvalue weighted by molar-refractivity contribution is -0.122. The summed E-state index contributed by atoms with van der Waals surface area (Å²) in [4.78, 5) is 39.3. The van der Waals surface area contributed by atoms with Crippen LogP contribution in [-0.4, -0.2) is 24.5 Å². The molecule has 1 heterocycles. The number of carbonyl (C=O) groups excluding carboxylic acids is 3. The lowest BCUT2D eigenvalue weighted by Crippen LogP contribution is -2.54. The first kappa shape index (κ1) is 25.0. The smallest absolute Gasteiger partial charge is 0.335 e. The monoisotopic (exact) mass is 504 g/mol. The van der Waals surface area contributed by atoms with E-state index in [0.29, 0.717) is 46.5 Å². The van der Waals surface area contributed by atoms with Gasteiger partial charge in [-0.1, -0.05) is 53.6 Å². The van der Waals surface area contributed by atoms with E-state index < -0.39 is 17.8 Å². The van der Waals surface area contributed by atoms with Gasteiger partial charge in [0.2, 0.25) is 0 Å². The Morgan fingerprint density at radius 1 is 0.917 bits per heavy atom. The second-order valence-corrected chi connectivity index (χ2v) is 8.74. The van der Waals surface area contributed by atoms with Gasteiger partial charge in [0.15, 0.2) is 11.5 Å². The highest BCUT2D eigenvalue weighted by Gasteiger charge is 2.37. The van der Waals surface area contributed by atoms with E-state index in [1.54, 1.807) is 37.3 Å². The number of barbiturate groups is 1. The highest BCUT2D eigenvalue weighted by molar-refractivity contribution is 6.39. The zero-order valence-electron chi connectivity index (χ0n) is 20.1. The van der Waals surface area contributed by atoms with Crippen LogP contribution in [0.25, 0.3) is 6.08 Å². The van der Waals surface area contributed by atoms with Gasteiger partial charge in [0.05, 0.1) is 12.3 Å². The van der Waals surface area contributed by atoms with Crippen LogP contribution < -0.4 is 19.7 Å². The molecule has 1 saturated heterocycles. The van der Waals surface area contributed by atoms with Crippen molar-refractivity contribution in [2.24, 2.45) is 0 Å². The van der Waals surface area contributed by atoms with Crippen molar-refractivity contribution >= 4 is 41.2 Å². The maximum absolute atomic E-state index is 13.3. The van der Waals surface area contributed by atoms with Crippen molar-refractivity contribution in [1.29, 1.82) is 0 Å². The molecule has 0 aromatic heterocycles. The Morgan fingerprint density at radius 3 is 2.39 bits per heavy atom. The molecule has 184 valence electrons. The van der Waals surface area contributed by atoms with Crippen LogP contribution in [0.4, 0.5) is 10.5 Å². The van der Waals surface area contributed by atoms with Crippen LogP contribution in [0.1, 0.15) is 29.2 Å². The Hall–Kier alpha value is -4.10. The first-order valence-corrected chi connectivity index (χ1v) is 11.8. The van der Waals surface area contributed by atoms with Gasteiger partial charge < -0.3 is 9.47 Å². The maximum Gasteiger partial charge on any atom is 0.335 e. The van der Waals surface area contributed by atoms with Gasteiger partial charge in [-0.25, -0.2) is 9.69 Å². The third-order valence-corrected chi connectivity index (χ3v) is 5.84. The van der Waals surface area contributed by atoms with Crippen LogP contribution in [-0.2, 0) is 16.2 Å². The second kappa shape index (κ2) is 10.7. The minimum Gasteiger partial charge on any atom is -0.490 e. The normalized spacial score (nSPS) is 14.7. The van der Waals surface area contributed by atoms with Crippen molar-refractivity contribution in [2.45, 2.75) is 27.4 Å². The lowest BCUT2D eigenvalue weighted by atomic mass is 10.1. The number of benzene rings is 3. The van der Waals surface area contributed by atoms with E-state index in [2.05, 4.69) is 5.32 Å². The average molecular weight is 505 g/mol. The summed E-state index contributed by atoms with van der Waals surface area (Å²) in [5, 5.41) is 2.59. The molecule has 7 nitrogen and oxygen atoms in total. The van der Waals surface area contributed by atoms with Gasteiger partial charge in [-0.15, -0.1) is 0 Å². The Labute approximate surface area is 214 Å². The van der Waals surface area contributed by atoms with Crippen LogP contribution in [0.2, 0.25) is 5.02 Å². The molecular weight excluding hydrogens is 480 g/mol. The van der Waals surface area contributed by atoms with Crippen LogP contribution in [0.3, 0.4) is 0 Å². The molecule has 0 radical (unpaired) electrons. The summed E-state index contributed by atoms with van der Waals surface area (Å²) in [5.41, 5.74) is 3.49. The van der Waals surface area contributed by atoms with Gasteiger partial charge in [-0.3, -0.25) is 14.9 Å². The number of anilines is 1. The Balaban J connectivity index is 1.63. The summed E-state index contributed by atoms with van der Waals surface area (Å²) in [6.07, 6.45) is 1.42. The summed E-state index contributed by atoms with van der Waals surface area (Å²) in [5.74, 6) is -0.517. The van der Waals surface area contributed by atoms with Crippen LogP contribution >= 0.6 is 11.6 Å². The van der Waals surface area contributed by atoms with Gasteiger partial charge in [-0.2, -0.15) is 0 Å². The van der Waals surface area contributed by atoms with Crippen molar-refractivity contribution in [3.63, 3.8) is 0 Å². The van der Waals surface area contributed by atoms with E-state index in [-0.39, 0.29) is 5.57 Å². The molecule has 0 aliphatic carbocycles. The molecule has 0 atom stereocenters. The summed E-state index contributed by atoms with van der Waals surface area (Å²) in [6, 6.07) is 17.2. The minimum atomic E-state index is -0.831. The SMILES string of the molecule is CCOc1cc(/C=C2\C(=O)NC(=O)N(c3cc(Cl)ccc3C)C2=O)ccc1OCc1ccc(C)cc1. The Morgan fingerprint density at radius 2 is 1.67 bits per heavy atom. The fourth-order valence-electron chi connectivity index (χ4n) is 3.71. The number of halogens is 1. The van der Waals surface area contributed by atoms with Crippen LogP contribution in [0.15, 0.2) is 66.2 Å². The van der Waals surface area contributed by atoms with E-state index in [1.807, 2.05) is 38.1 Å². The van der Waals surface area contributed by atoms with Gasteiger partial charge in [0.1, 0.15) is 12.2 Å². The molecule has 3 aromatic rings. The van der Waals surface area contributed by atoms with Crippen molar-refractivity contribution in [3.8, 4) is 11.5 Å². The Kier molecular flexibility index (Phi) is 7.41. The van der Waals surface area contributed by atoms with Gasteiger partial charge >= 0.3 is 6.03 Å². The largest absolute Gasteiger partial charge is 0.490 e. The molecule has 0 spiro atoms. The summed E-state index contributed by atoms with van der Waals surface area (Å²) >= 11 is 6.08. The number of aryl methyl sites for hydroxylation is 2. The molecule has 8 heteroatoms. The molecule has 1 aliphatic rings. The van der Waals surface area contributed by atoms with Crippen LogP contribution in [0.5, 0.6) is 11.5 Å². The van der Waals surface area contributed by atoms with E-state index in [0.717, 1.165) is 10.5 Å². The third kappa shape index (κ3) is 5.42. The van der Waals surface area contributed by atoms with Gasteiger partial charge in [0, 0.05) is 5.02 Å². The van der Waals surface area contributed by atoms with Gasteiger partial charge in [0.25, 0.3) is 11.8 Å². The topological polar surface area (TPSA) is 84.9 Å². The van der Waals surface area contributed by atoms with Gasteiger partial charge in [-0.05, 0) is 67.8 Å². The van der Waals surface area contributed by atoms with E-state index >= 15 is 0 Å². The van der Waals surface area contributed by atoms with Crippen molar-refractivity contribution < 1.29 is 23.9 Å². The lowest BCUT2D eigenvalue weighted by Gasteiger charge is -2.27. The van der Waals surface area contributed by atoms with Crippen molar-refractivity contribution in [3.05, 3.63) is 93.5 Å². The number of hydrogen-bond donors (Lipinski definition) is 1. The molecule has 1 aliphatic heterocycles. The average Bonchev–Trinajstić information content (AvgIpc) is 2.84. The predicted molar refractivity (Wildman–Crippen MR) is 138 cm³/mol. The number of ether oxygens (including phenoxy) is 2. The molecular formula is C28H25ClN2O5. The van der Waals surface area contributed by atoms with E-state index in [4.69, 9.17) is 21.1 Å². The number of imide groups is 2. The number of amides is 4. The fourth-order valence-corrected chi connectivity index (χ4v) is 3.88. The van der Waals surface area contributed by atoms with Crippen molar-refractivity contribution in [1.82, 2.24) is 5.32 Å². The number of urea groups is 1. The van der Waals surface area contributed by atoms with Crippen molar-refractivity contribution in [2.75, 3.05) is 11.5 Å². The molecule has 1 N–H and O–H groups in total. The summed E-state index contributed by atoms with van der Waals surface area (Å²) in [6.45, 7) is 6.38. The second-order valence-electron chi connectivity index (χ2n) is 8.30. The van der Waals surface area contributed by atoms with E-state index in [1.165, 1.54) is 17.7 Å². The highest BCUT2D eigenvalue weighted by atomic mass is 35.5. The third-order valence-electron chi connectivity index (χ3n) is 5.61. The number of carbonyl (C=O) groups is 3. The molecule has 1 fully saturated rings. The highest BCUT2D eigenvalue weighted by Crippen LogP contribution is 2.32. The molecule has 36 heavy (non-hydrogen) atoms. The Bertz CT molecular complexity index is 1360. The fraction of sp³-hybridized carbons (Fsp3) is 0.179. The molecule has 4 rings (SSSR count). The molecule has 0 unspecified atom stereocenters.